The molecule has 9 heavy (non-hydrogen) atoms. The Morgan fingerprint density at radius 2 is 2.56 bits per heavy atom. The molecule has 1 radical (unpaired) electrons. The SMILES string of the molecule is C#CC(C)n1n[c]nn1. The van der Waals surface area contributed by atoms with Gasteiger partial charge in [-0.2, -0.15) is 0 Å². The highest BCUT2D eigenvalue weighted by Gasteiger charge is 1.98. The minimum Gasteiger partial charge on any atom is -0.149 e. The van der Waals surface area contributed by atoms with E-state index in [-0.39, 0.29) is 6.04 Å². The van der Waals surface area contributed by atoms with Crippen LogP contribution >= 0.6 is 0 Å². The van der Waals surface area contributed by atoms with Crippen molar-refractivity contribution in [3.05, 3.63) is 6.33 Å². The lowest BCUT2D eigenvalue weighted by Gasteiger charge is -1.96. The maximum absolute atomic E-state index is 5.07. The molecule has 1 aromatic heterocycles. The number of aromatic nitrogens is 4. The van der Waals surface area contributed by atoms with E-state index < -0.39 is 0 Å². The molecule has 0 saturated carbocycles. The molecule has 1 rings (SSSR count). The Labute approximate surface area is 52.9 Å². The molecule has 0 bridgehead atoms. The van der Waals surface area contributed by atoms with Crippen molar-refractivity contribution < 1.29 is 0 Å². The number of terminal acetylenes is 1. The largest absolute Gasteiger partial charge is 0.245 e. The molecule has 0 aliphatic rings. The molecule has 0 aliphatic carbocycles. The van der Waals surface area contributed by atoms with Gasteiger partial charge in [-0.3, -0.25) is 0 Å². The first kappa shape index (κ1) is 5.76. The Hall–Kier alpha value is -1.37. The van der Waals surface area contributed by atoms with Gasteiger partial charge in [0.25, 0.3) is 0 Å². The molecule has 0 spiro atoms. The van der Waals surface area contributed by atoms with E-state index in [0.29, 0.717) is 0 Å². The fourth-order valence-electron chi connectivity index (χ4n) is 0.382. The van der Waals surface area contributed by atoms with Crippen molar-refractivity contribution in [3.63, 3.8) is 0 Å². The van der Waals surface area contributed by atoms with E-state index in [0.717, 1.165) is 0 Å². The molecule has 0 N–H and O–H groups in total. The van der Waals surface area contributed by atoms with E-state index in [1.165, 1.54) is 4.80 Å². The lowest BCUT2D eigenvalue weighted by atomic mass is 10.4. The summed E-state index contributed by atoms with van der Waals surface area (Å²) in [6.45, 7) is 1.80. The van der Waals surface area contributed by atoms with Gasteiger partial charge in [0.05, 0.1) is 0 Å². The normalized spacial score (nSPS) is 12.4. The van der Waals surface area contributed by atoms with Gasteiger partial charge in [-0.1, -0.05) is 5.92 Å². The second-order valence-electron chi connectivity index (χ2n) is 1.55. The number of tetrazole rings is 1. The lowest BCUT2D eigenvalue weighted by molar-refractivity contribution is 0.504. The molecule has 0 aromatic carbocycles. The number of rotatable bonds is 1. The summed E-state index contributed by atoms with van der Waals surface area (Å²) in [5, 5.41) is 10.5. The molecule has 0 amide bonds. The second-order valence-corrected chi connectivity index (χ2v) is 1.55. The predicted molar refractivity (Wildman–Crippen MR) is 30.2 cm³/mol. The van der Waals surface area contributed by atoms with E-state index in [1.54, 1.807) is 6.92 Å². The summed E-state index contributed by atoms with van der Waals surface area (Å²) in [6, 6.07) is -0.135. The second kappa shape index (κ2) is 2.27. The Morgan fingerprint density at radius 1 is 1.78 bits per heavy atom. The van der Waals surface area contributed by atoms with E-state index in [2.05, 4.69) is 27.7 Å². The van der Waals surface area contributed by atoms with Crippen molar-refractivity contribution in [1.82, 2.24) is 20.2 Å². The maximum Gasteiger partial charge on any atom is 0.245 e. The van der Waals surface area contributed by atoms with Crippen LogP contribution in [0.2, 0.25) is 0 Å². The third-order valence-electron chi connectivity index (χ3n) is 0.916. The highest BCUT2D eigenvalue weighted by Crippen LogP contribution is 1.93. The Morgan fingerprint density at radius 3 is 3.00 bits per heavy atom. The van der Waals surface area contributed by atoms with Gasteiger partial charge in [-0.15, -0.1) is 21.4 Å². The first-order valence-corrected chi connectivity index (χ1v) is 2.46. The van der Waals surface area contributed by atoms with Crippen molar-refractivity contribution in [3.8, 4) is 12.3 Å². The lowest BCUT2D eigenvalue weighted by Crippen LogP contribution is -2.06. The van der Waals surface area contributed by atoms with E-state index in [1.807, 2.05) is 0 Å². The summed E-state index contributed by atoms with van der Waals surface area (Å²) < 4.78 is 0. The van der Waals surface area contributed by atoms with Crippen LogP contribution in [-0.2, 0) is 0 Å². The van der Waals surface area contributed by atoms with Crippen LogP contribution in [0.15, 0.2) is 0 Å². The van der Waals surface area contributed by atoms with Crippen LogP contribution < -0.4 is 0 Å². The van der Waals surface area contributed by atoms with Gasteiger partial charge in [-0.25, -0.2) is 0 Å². The molecule has 0 aliphatic heterocycles. The molecule has 1 unspecified atom stereocenters. The van der Waals surface area contributed by atoms with Crippen molar-refractivity contribution in [2.75, 3.05) is 0 Å². The van der Waals surface area contributed by atoms with Gasteiger partial charge in [0.15, 0.2) is 0 Å². The van der Waals surface area contributed by atoms with Crippen LogP contribution in [0, 0.1) is 18.7 Å². The minimum absolute atomic E-state index is 0.135. The summed E-state index contributed by atoms with van der Waals surface area (Å²) in [7, 11) is 0. The van der Waals surface area contributed by atoms with Gasteiger partial charge in [0, 0.05) is 0 Å². The molecule has 0 fully saturated rings. The van der Waals surface area contributed by atoms with Crippen LogP contribution in [0.25, 0.3) is 0 Å². The summed E-state index contributed by atoms with van der Waals surface area (Å²) in [5.74, 6) is 2.45. The van der Waals surface area contributed by atoms with E-state index >= 15 is 0 Å². The van der Waals surface area contributed by atoms with Crippen LogP contribution in [-0.4, -0.2) is 20.2 Å². The summed E-state index contributed by atoms with van der Waals surface area (Å²) >= 11 is 0. The monoisotopic (exact) mass is 121 g/mol. The zero-order chi connectivity index (χ0) is 6.69. The first-order chi connectivity index (χ1) is 4.34. The Bertz CT molecular complexity index is 207. The topological polar surface area (TPSA) is 43.6 Å². The van der Waals surface area contributed by atoms with Crippen molar-refractivity contribution in [1.29, 1.82) is 0 Å². The van der Waals surface area contributed by atoms with Gasteiger partial charge < -0.3 is 0 Å². The minimum atomic E-state index is -0.135. The zero-order valence-corrected chi connectivity index (χ0v) is 4.94. The number of hydrogen-bond acceptors (Lipinski definition) is 3. The van der Waals surface area contributed by atoms with Crippen molar-refractivity contribution in [2.24, 2.45) is 0 Å². The van der Waals surface area contributed by atoms with Gasteiger partial charge in [0.1, 0.15) is 6.04 Å². The molecule has 0 saturated heterocycles. The molecular weight excluding hydrogens is 116 g/mol. The number of nitrogens with zero attached hydrogens (tertiary/aromatic N) is 4. The van der Waals surface area contributed by atoms with E-state index in [9.17, 15) is 0 Å². The van der Waals surface area contributed by atoms with E-state index in [4.69, 9.17) is 6.42 Å². The highest BCUT2D eigenvalue weighted by atomic mass is 15.6. The summed E-state index contributed by atoms with van der Waals surface area (Å²) in [4.78, 5) is 1.32. The standard InChI is InChI=1S/C5H5N4/c1-3-5(2)9-7-4-6-8-9/h1,5H,2H3. The zero-order valence-electron chi connectivity index (χ0n) is 4.94. The Kier molecular flexibility index (Phi) is 1.45. The molecule has 1 heterocycles. The van der Waals surface area contributed by atoms with Crippen molar-refractivity contribution in [2.45, 2.75) is 13.0 Å². The average Bonchev–Trinajstić information content (AvgIpc) is 2.37. The van der Waals surface area contributed by atoms with Crippen LogP contribution in [0.3, 0.4) is 0 Å². The van der Waals surface area contributed by atoms with Gasteiger partial charge in [0.2, 0.25) is 6.33 Å². The third kappa shape index (κ3) is 1.05. The smallest absolute Gasteiger partial charge is 0.149 e. The summed E-state index contributed by atoms with van der Waals surface area (Å²) in [6.07, 6.45) is 7.37. The molecule has 45 valence electrons. The van der Waals surface area contributed by atoms with Gasteiger partial charge in [-0.05, 0) is 12.1 Å². The summed E-state index contributed by atoms with van der Waals surface area (Å²) in [5.41, 5.74) is 0. The molecule has 1 atom stereocenters. The molecular formula is C5H5N4. The van der Waals surface area contributed by atoms with Crippen LogP contribution in [0.4, 0.5) is 0 Å². The van der Waals surface area contributed by atoms with Crippen LogP contribution in [0.1, 0.15) is 13.0 Å². The molecule has 1 aromatic rings. The average molecular weight is 121 g/mol. The molecule has 4 heteroatoms. The first-order valence-electron chi connectivity index (χ1n) is 2.46. The van der Waals surface area contributed by atoms with Gasteiger partial charge >= 0.3 is 0 Å². The molecule has 4 nitrogen and oxygen atoms in total. The van der Waals surface area contributed by atoms with Crippen LogP contribution in [0.5, 0.6) is 0 Å². The fraction of sp³-hybridized carbons (Fsp3) is 0.400. The quantitative estimate of drug-likeness (QED) is 0.478. The third-order valence-corrected chi connectivity index (χ3v) is 0.916. The van der Waals surface area contributed by atoms with Crippen molar-refractivity contribution >= 4 is 0 Å². The highest BCUT2D eigenvalue weighted by molar-refractivity contribution is 4.91. The number of hydrogen-bond donors (Lipinski definition) is 0. The predicted octanol–water partition coefficient (Wildman–Crippen LogP) is -0.333. The fourth-order valence-corrected chi connectivity index (χ4v) is 0.382. The maximum atomic E-state index is 5.07. The Balaban J connectivity index is 2.80.